The number of pyridine rings is 1. The predicted molar refractivity (Wildman–Crippen MR) is 183 cm³/mol. The number of aromatic amines is 1. The number of nitrogens with zero attached hydrogens (tertiary/aromatic N) is 7. The molecule has 2 amide bonds. The number of piperazine rings is 1. The number of H-pyrrole nitrogens is 1. The molecule has 3 aliphatic rings. The number of anilines is 1. The Morgan fingerprint density at radius 2 is 1.76 bits per heavy atom. The second kappa shape index (κ2) is 13.4. The van der Waals surface area contributed by atoms with Crippen molar-refractivity contribution >= 4 is 34.1 Å². The third-order valence-electron chi connectivity index (χ3n) is 9.56. The van der Waals surface area contributed by atoms with Gasteiger partial charge in [0.1, 0.15) is 11.5 Å². The lowest BCUT2D eigenvalue weighted by atomic mass is 9.93. The van der Waals surface area contributed by atoms with E-state index in [2.05, 4.69) is 25.2 Å². The molecule has 0 bridgehead atoms. The van der Waals surface area contributed by atoms with Crippen molar-refractivity contribution in [2.45, 2.75) is 38.3 Å². The first kappa shape index (κ1) is 31.7. The van der Waals surface area contributed by atoms with E-state index in [9.17, 15) is 9.59 Å². The monoisotopic (exact) mass is 678 g/mol. The number of amides is 2. The van der Waals surface area contributed by atoms with E-state index in [0.717, 1.165) is 24.4 Å². The SMILES string of the molecule is O=C(CCn1ccnn1)N1CCC=C(c2cc(-c3ccccc3F)c3cc(C(=O)N4CCN(c5ncccc5OC5CC5)CC4)[nH]c3c2F)C1. The third kappa shape index (κ3) is 6.30. The summed E-state index contributed by atoms with van der Waals surface area (Å²) in [7, 11) is 0. The Labute approximate surface area is 287 Å². The molecule has 3 aromatic heterocycles. The summed E-state index contributed by atoms with van der Waals surface area (Å²) in [6.45, 7) is 3.10. The normalized spacial score (nSPS) is 16.5. The highest BCUT2D eigenvalue weighted by molar-refractivity contribution is 6.04. The molecule has 2 fully saturated rings. The predicted octanol–water partition coefficient (Wildman–Crippen LogP) is 5.31. The Morgan fingerprint density at radius 1 is 0.920 bits per heavy atom. The van der Waals surface area contributed by atoms with Gasteiger partial charge in [-0.25, -0.2) is 13.8 Å². The molecule has 1 saturated heterocycles. The molecule has 5 heterocycles. The fraction of sp³-hybridized carbons (Fsp3) is 0.324. The minimum atomic E-state index is -0.550. The molecule has 5 aromatic rings. The summed E-state index contributed by atoms with van der Waals surface area (Å²) in [5.41, 5.74) is 1.98. The highest BCUT2D eigenvalue weighted by atomic mass is 19.1. The number of carbonyl (C=O) groups excluding carboxylic acids is 2. The molecular weight excluding hydrogens is 642 g/mol. The van der Waals surface area contributed by atoms with Gasteiger partial charge in [-0.15, -0.1) is 5.10 Å². The molecule has 1 saturated carbocycles. The van der Waals surface area contributed by atoms with Gasteiger partial charge >= 0.3 is 0 Å². The number of halogens is 2. The average Bonchev–Trinajstić information content (AvgIpc) is 3.59. The van der Waals surface area contributed by atoms with Crippen LogP contribution in [0.25, 0.3) is 27.6 Å². The summed E-state index contributed by atoms with van der Waals surface area (Å²) in [6.07, 6.45) is 10.0. The average molecular weight is 679 g/mol. The van der Waals surface area contributed by atoms with E-state index in [-0.39, 0.29) is 47.7 Å². The van der Waals surface area contributed by atoms with Gasteiger partial charge in [0.25, 0.3) is 5.91 Å². The fourth-order valence-electron chi connectivity index (χ4n) is 6.75. The van der Waals surface area contributed by atoms with Gasteiger partial charge in [-0.2, -0.15) is 0 Å². The molecule has 0 radical (unpaired) electrons. The smallest absolute Gasteiger partial charge is 0.270 e. The molecule has 11 nitrogen and oxygen atoms in total. The zero-order chi connectivity index (χ0) is 34.2. The lowest BCUT2D eigenvalue weighted by Crippen LogP contribution is -2.49. The second-order valence-corrected chi connectivity index (χ2v) is 12.9. The molecule has 1 N–H and O–H groups in total. The summed E-state index contributed by atoms with van der Waals surface area (Å²) in [5.74, 6) is 0.171. The molecule has 1 aliphatic carbocycles. The molecule has 50 heavy (non-hydrogen) atoms. The minimum absolute atomic E-state index is 0.0792. The Hall–Kier alpha value is -5.59. The van der Waals surface area contributed by atoms with Crippen LogP contribution in [-0.2, 0) is 11.3 Å². The highest BCUT2D eigenvalue weighted by Crippen LogP contribution is 2.38. The van der Waals surface area contributed by atoms with Crippen LogP contribution in [0.3, 0.4) is 0 Å². The summed E-state index contributed by atoms with van der Waals surface area (Å²) >= 11 is 0. The maximum Gasteiger partial charge on any atom is 0.270 e. The minimum Gasteiger partial charge on any atom is -0.487 e. The number of nitrogens with one attached hydrogen (secondary N) is 1. The first-order chi connectivity index (χ1) is 24.4. The Balaban J connectivity index is 1.06. The van der Waals surface area contributed by atoms with Crippen molar-refractivity contribution in [2.75, 3.05) is 44.2 Å². The number of hydrogen-bond acceptors (Lipinski definition) is 7. The van der Waals surface area contributed by atoms with Gasteiger partial charge in [-0.05, 0) is 60.7 Å². The number of hydrogen-bond donors (Lipinski definition) is 1. The van der Waals surface area contributed by atoms with E-state index >= 15 is 8.78 Å². The number of ether oxygens (including phenoxy) is 1. The van der Waals surface area contributed by atoms with Crippen LogP contribution < -0.4 is 9.64 Å². The molecule has 8 rings (SSSR count). The first-order valence-electron chi connectivity index (χ1n) is 17.0. The van der Waals surface area contributed by atoms with Gasteiger partial charge in [0.15, 0.2) is 17.4 Å². The van der Waals surface area contributed by atoms with Crippen LogP contribution in [0.15, 0.2) is 73.2 Å². The lowest BCUT2D eigenvalue weighted by molar-refractivity contribution is -0.131. The standard InChI is InChI=1S/C37H36F2N8O3/c38-30-7-2-1-6-26(30)28-21-27(24-5-4-14-46(23-24)33(48)11-15-47-16-13-41-43-47)34(39)35-29(28)22-31(42-35)37(49)45-19-17-44(18-20-45)36-32(8-3-12-40-36)50-25-9-10-25/h1-3,5-8,12-13,16,21-22,25,42H,4,9-11,14-15,17-20,23H2. The number of rotatable bonds is 9. The van der Waals surface area contributed by atoms with Crippen molar-refractivity contribution in [2.24, 2.45) is 0 Å². The number of aromatic nitrogens is 5. The van der Waals surface area contributed by atoms with Crippen molar-refractivity contribution in [3.8, 4) is 16.9 Å². The van der Waals surface area contributed by atoms with Gasteiger partial charge in [0.05, 0.1) is 24.4 Å². The Kier molecular flexibility index (Phi) is 8.47. The second-order valence-electron chi connectivity index (χ2n) is 12.9. The van der Waals surface area contributed by atoms with E-state index < -0.39 is 11.6 Å². The fourth-order valence-corrected chi connectivity index (χ4v) is 6.75. The highest BCUT2D eigenvalue weighted by Gasteiger charge is 2.30. The van der Waals surface area contributed by atoms with E-state index in [1.54, 1.807) is 63.4 Å². The maximum atomic E-state index is 16.6. The topological polar surface area (TPSA) is 112 Å². The van der Waals surface area contributed by atoms with E-state index in [1.807, 2.05) is 18.2 Å². The molecule has 2 aromatic carbocycles. The van der Waals surface area contributed by atoms with Gasteiger partial charge in [0.2, 0.25) is 5.91 Å². The summed E-state index contributed by atoms with van der Waals surface area (Å²) in [6, 6.07) is 13.4. The number of fused-ring (bicyclic) bond motifs is 1. The van der Waals surface area contributed by atoms with Crippen LogP contribution in [0.5, 0.6) is 5.75 Å². The van der Waals surface area contributed by atoms with Gasteiger partial charge in [-0.3, -0.25) is 14.3 Å². The molecule has 256 valence electrons. The van der Waals surface area contributed by atoms with Gasteiger partial charge in [0, 0.05) is 74.6 Å². The Morgan fingerprint density at radius 3 is 2.54 bits per heavy atom. The van der Waals surface area contributed by atoms with Crippen LogP contribution >= 0.6 is 0 Å². The summed E-state index contributed by atoms with van der Waals surface area (Å²) in [4.78, 5) is 40.2. The third-order valence-corrected chi connectivity index (χ3v) is 9.56. The van der Waals surface area contributed by atoms with Crippen LogP contribution in [0.1, 0.15) is 41.7 Å². The largest absolute Gasteiger partial charge is 0.487 e. The Bertz CT molecular complexity index is 2080. The molecule has 0 spiro atoms. The quantitative estimate of drug-likeness (QED) is 0.225. The van der Waals surface area contributed by atoms with Crippen LogP contribution in [-0.4, -0.2) is 91.9 Å². The van der Waals surface area contributed by atoms with Crippen molar-refractivity contribution in [3.05, 3.63) is 96.1 Å². The van der Waals surface area contributed by atoms with Crippen LogP contribution in [0.2, 0.25) is 0 Å². The molecule has 2 aliphatic heterocycles. The number of benzene rings is 2. The molecule has 13 heteroatoms. The lowest BCUT2D eigenvalue weighted by Gasteiger charge is -2.35. The van der Waals surface area contributed by atoms with Crippen LogP contribution in [0, 0.1) is 11.6 Å². The molecule has 0 unspecified atom stereocenters. The van der Waals surface area contributed by atoms with Crippen molar-refractivity contribution in [1.29, 1.82) is 0 Å². The zero-order valence-corrected chi connectivity index (χ0v) is 27.4. The zero-order valence-electron chi connectivity index (χ0n) is 27.4. The van der Waals surface area contributed by atoms with Crippen molar-refractivity contribution in [3.63, 3.8) is 0 Å². The van der Waals surface area contributed by atoms with Crippen molar-refractivity contribution in [1.82, 2.24) is 34.8 Å². The van der Waals surface area contributed by atoms with E-state index in [1.165, 1.54) is 6.07 Å². The molecular formula is C37H36F2N8O3. The summed E-state index contributed by atoms with van der Waals surface area (Å²) < 4.78 is 39.5. The van der Waals surface area contributed by atoms with E-state index in [0.29, 0.717) is 67.8 Å². The summed E-state index contributed by atoms with van der Waals surface area (Å²) in [5, 5.41) is 8.11. The number of carbonyl (C=O) groups is 2. The van der Waals surface area contributed by atoms with Gasteiger partial charge in [-0.1, -0.05) is 29.5 Å². The number of aryl methyl sites for hydroxylation is 1. The van der Waals surface area contributed by atoms with E-state index in [4.69, 9.17) is 4.74 Å². The maximum absolute atomic E-state index is 16.6. The first-order valence-corrected chi connectivity index (χ1v) is 17.0. The van der Waals surface area contributed by atoms with Crippen molar-refractivity contribution < 1.29 is 23.1 Å². The van der Waals surface area contributed by atoms with Crippen LogP contribution in [0.4, 0.5) is 14.6 Å². The molecule has 0 atom stereocenters. The van der Waals surface area contributed by atoms with Gasteiger partial charge < -0.3 is 24.4 Å².